The number of aliphatic hydroxyl groups excluding tert-OH is 1. The van der Waals surface area contributed by atoms with Crippen molar-refractivity contribution in [2.24, 2.45) is 11.8 Å². The lowest BCUT2D eigenvalue weighted by molar-refractivity contribution is -0.136. The van der Waals surface area contributed by atoms with Gasteiger partial charge in [0.25, 0.3) is 0 Å². The fourth-order valence-corrected chi connectivity index (χ4v) is 2.97. The average Bonchev–Trinajstić information content (AvgIpc) is 2.46. The molecule has 1 aromatic carbocycles. The number of rotatable bonds is 4. The normalized spacial score (nSPS) is 18.1. The topological polar surface area (TPSA) is 40.5 Å². The monoisotopic (exact) mass is 295 g/mol. The van der Waals surface area contributed by atoms with Gasteiger partial charge in [-0.15, -0.1) is 0 Å². The van der Waals surface area contributed by atoms with E-state index in [2.05, 4.69) is 0 Å². The van der Waals surface area contributed by atoms with Crippen molar-refractivity contribution in [1.29, 1.82) is 0 Å². The molecule has 4 heteroatoms. The van der Waals surface area contributed by atoms with Gasteiger partial charge in [-0.05, 0) is 42.9 Å². The molecule has 0 aromatic heterocycles. The summed E-state index contributed by atoms with van der Waals surface area (Å²) in [6, 6.07) is 7.69. The zero-order chi connectivity index (χ0) is 14.5. The highest BCUT2D eigenvalue weighted by atomic mass is 35.5. The zero-order valence-electron chi connectivity index (χ0n) is 11.9. The molecule has 1 aliphatic heterocycles. The third kappa shape index (κ3) is 3.97. The number of carbonyl (C=O) groups is 1. The van der Waals surface area contributed by atoms with Crippen LogP contribution in [0.4, 0.5) is 0 Å². The number of benzene rings is 1. The molecule has 0 saturated carbocycles. The van der Waals surface area contributed by atoms with Crippen molar-refractivity contribution in [2.45, 2.75) is 26.2 Å². The van der Waals surface area contributed by atoms with Crippen LogP contribution in [-0.4, -0.2) is 35.6 Å². The molecular formula is C16H22ClNO2. The molecule has 2 rings (SSSR count). The van der Waals surface area contributed by atoms with E-state index >= 15 is 0 Å². The van der Waals surface area contributed by atoms with Crippen molar-refractivity contribution >= 4 is 17.5 Å². The van der Waals surface area contributed by atoms with E-state index in [1.54, 1.807) is 0 Å². The van der Waals surface area contributed by atoms with Gasteiger partial charge in [-0.3, -0.25) is 4.79 Å². The third-order valence-electron chi connectivity index (χ3n) is 4.04. The van der Waals surface area contributed by atoms with E-state index < -0.39 is 0 Å². The van der Waals surface area contributed by atoms with Crippen LogP contribution in [0, 0.1) is 11.8 Å². The molecule has 0 radical (unpaired) electrons. The second-order valence-electron chi connectivity index (χ2n) is 5.69. The molecule has 1 heterocycles. The van der Waals surface area contributed by atoms with Crippen molar-refractivity contribution in [3.05, 3.63) is 34.9 Å². The average molecular weight is 296 g/mol. The summed E-state index contributed by atoms with van der Waals surface area (Å²) in [7, 11) is 0. The van der Waals surface area contributed by atoms with Gasteiger partial charge in [-0.25, -0.2) is 0 Å². The first-order chi connectivity index (χ1) is 9.60. The molecule has 1 fully saturated rings. The maximum absolute atomic E-state index is 12.4. The number of carbonyl (C=O) groups excluding carboxylic acids is 1. The number of halogens is 1. The summed E-state index contributed by atoms with van der Waals surface area (Å²) in [5, 5.41) is 9.84. The summed E-state index contributed by atoms with van der Waals surface area (Å²) in [6.45, 7) is 3.75. The Kier molecular flexibility index (Phi) is 5.44. The van der Waals surface area contributed by atoms with Gasteiger partial charge in [0.2, 0.25) is 5.91 Å². The molecule has 1 aromatic rings. The minimum atomic E-state index is -0.0286. The van der Waals surface area contributed by atoms with Crippen molar-refractivity contribution < 1.29 is 9.90 Å². The van der Waals surface area contributed by atoms with E-state index in [9.17, 15) is 4.79 Å². The number of likely N-dealkylation sites (tertiary alicyclic amines) is 1. The predicted octanol–water partition coefficient (Wildman–Crippen LogP) is 2.75. The van der Waals surface area contributed by atoms with E-state index in [4.69, 9.17) is 16.7 Å². The van der Waals surface area contributed by atoms with E-state index in [1.165, 1.54) is 0 Å². The van der Waals surface area contributed by atoms with Crippen LogP contribution in [0.3, 0.4) is 0 Å². The standard InChI is InChI=1S/C16H22ClNO2/c1-12(9-14-3-2-4-15(17)10-14)16(20)18-7-5-13(11-19)6-8-18/h2-4,10,12-13,19H,5-9,11H2,1H3. The zero-order valence-corrected chi connectivity index (χ0v) is 12.6. The molecule has 1 atom stereocenters. The summed E-state index contributed by atoms with van der Waals surface area (Å²) in [5.41, 5.74) is 1.10. The van der Waals surface area contributed by atoms with E-state index in [0.717, 1.165) is 37.9 Å². The largest absolute Gasteiger partial charge is 0.396 e. The van der Waals surface area contributed by atoms with Crippen LogP contribution in [0.5, 0.6) is 0 Å². The Balaban J connectivity index is 1.89. The van der Waals surface area contributed by atoms with Crippen molar-refractivity contribution in [1.82, 2.24) is 4.90 Å². The highest BCUT2D eigenvalue weighted by molar-refractivity contribution is 6.30. The minimum Gasteiger partial charge on any atom is -0.396 e. The van der Waals surface area contributed by atoms with E-state index in [1.807, 2.05) is 36.1 Å². The van der Waals surface area contributed by atoms with Crippen LogP contribution in [0.2, 0.25) is 5.02 Å². The number of aliphatic hydroxyl groups is 1. The molecule has 1 unspecified atom stereocenters. The first kappa shape index (κ1) is 15.3. The molecule has 110 valence electrons. The first-order valence-electron chi connectivity index (χ1n) is 7.24. The van der Waals surface area contributed by atoms with Crippen LogP contribution in [0.1, 0.15) is 25.3 Å². The van der Waals surface area contributed by atoms with Crippen molar-refractivity contribution in [2.75, 3.05) is 19.7 Å². The summed E-state index contributed by atoms with van der Waals surface area (Å²) in [4.78, 5) is 14.3. The van der Waals surface area contributed by atoms with Crippen molar-refractivity contribution in [3.63, 3.8) is 0 Å². The Morgan fingerprint density at radius 3 is 2.75 bits per heavy atom. The Bertz CT molecular complexity index is 456. The Morgan fingerprint density at radius 1 is 1.45 bits per heavy atom. The molecule has 0 spiro atoms. The van der Waals surface area contributed by atoms with Crippen LogP contribution >= 0.6 is 11.6 Å². The molecule has 1 aliphatic rings. The lowest BCUT2D eigenvalue weighted by Gasteiger charge is -2.33. The number of piperidine rings is 1. The summed E-state index contributed by atoms with van der Waals surface area (Å²) in [5.74, 6) is 0.544. The minimum absolute atomic E-state index is 0.0286. The maximum atomic E-state index is 12.4. The van der Waals surface area contributed by atoms with Gasteiger partial charge in [-0.2, -0.15) is 0 Å². The molecule has 1 N–H and O–H groups in total. The molecule has 3 nitrogen and oxygen atoms in total. The second-order valence-corrected chi connectivity index (χ2v) is 6.12. The van der Waals surface area contributed by atoms with Gasteiger partial charge in [-0.1, -0.05) is 30.7 Å². The summed E-state index contributed by atoms with van der Waals surface area (Å²) in [6.07, 6.45) is 2.54. The highest BCUT2D eigenvalue weighted by Crippen LogP contribution is 2.20. The number of hydrogen-bond donors (Lipinski definition) is 1. The van der Waals surface area contributed by atoms with Gasteiger partial charge in [0.15, 0.2) is 0 Å². The van der Waals surface area contributed by atoms with Gasteiger partial charge >= 0.3 is 0 Å². The van der Waals surface area contributed by atoms with E-state index in [0.29, 0.717) is 10.9 Å². The highest BCUT2D eigenvalue weighted by Gasteiger charge is 2.25. The van der Waals surface area contributed by atoms with Crippen molar-refractivity contribution in [3.8, 4) is 0 Å². The summed E-state index contributed by atoms with van der Waals surface area (Å²) >= 11 is 5.97. The van der Waals surface area contributed by atoms with E-state index in [-0.39, 0.29) is 18.4 Å². The van der Waals surface area contributed by atoms with Gasteiger partial charge in [0.1, 0.15) is 0 Å². The molecule has 0 bridgehead atoms. The van der Waals surface area contributed by atoms with Crippen LogP contribution in [-0.2, 0) is 11.2 Å². The molecular weight excluding hydrogens is 274 g/mol. The lowest BCUT2D eigenvalue weighted by atomic mass is 9.95. The molecule has 1 amide bonds. The number of amides is 1. The Labute approximate surface area is 125 Å². The molecule has 1 saturated heterocycles. The quantitative estimate of drug-likeness (QED) is 0.928. The first-order valence-corrected chi connectivity index (χ1v) is 7.62. The van der Waals surface area contributed by atoms with Crippen LogP contribution in [0.25, 0.3) is 0 Å². The molecule has 0 aliphatic carbocycles. The number of hydrogen-bond acceptors (Lipinski definition) is 2. The van der Waals surface area contributed by atoms with Gasteiger partial charge < -0.3 is 10.0 Å². The maximum Gasteiger partial charge on any atom is 0.225 e. The third-order valence-corrected chi connectivity index (χ3v) is 4.27. The lowest BCUT2D eigenvalue weighted by Crippen LogP contribution is -2.42. The SMILES string of the molecule is CC(Cc1cccc(Cl)c1)C(=O)N1CCC(CO)CC1. The fourth-order valence-electron chi connectivity index (χ4n) is 2.75. The molecule has 20 heavy (non-hydrogen) atoms. The van der Waals surface area contributed by atoms with Crippen LogP contribution < -0.4 is 0 Å². The summed E-state index contributed by atoms with van der Waals surface area (Å²) < 4.78 is 0. The van der Waals surface area contributed by atoms with Gasteiger partial charge in [0.05, 0.1) is 0 Å². The number of nitrogens with zero attached hydrogens (tertiary/aromatic N) is 1. The Morgan fingerprint density at radius 2 is 2.15 bits per heavy atom. The second kappa shape index (κ2) is 7.09. The fraction of sp³-hybridized carbons (Fsp3) is 0.562. The predicted molar refractivity (Wildman–Crippen MR) is 80.7 cm³/mol. The smallest absolute Gasteiger partial charge is 0.225 e. The van der Waals surface area contributed by atoms with Gasteiger partial charge in [0, 0.05) is 30.6 Å². The Hall–Kier alpha value is -1.06. The van der Waals surface area contributed by atoms with Crippen LogP contribution in [0.15, 0.2) is 24.3 Å².